The minimum Gasteiger partial charge on any atom is -0.339 e. The van der Waals surface area contributed by atoms with Gasteiger partial charge in [0.25, 0.3) is 0 Å². The van der Waals surface area contributed by atoms with Gasteiger partial charge in [0.1, 0.15) is 0 Å². The molecule has 0 unspecified atom stereocenters. The fraction of sp³-hybridized carbons (Fsp3) is 0.120. The van der Waals surface area contributed by atoms with Crippen LogP contribution >= 0.6 is 11.8 Å². The van der Waals surface area contributed by atoms with Gasteiger partial charge in [0.2, 0.25) is 0 Å². The molecular weight excluding hydrogens is 378 g/mol. The Bertz CT molecular complexity index is 1100. The van der Waals surface area contributed by atoms with Gasteiger partial charge in [0, 0.05) is 27.5 Å². The second-order valence-corrected chi connectivity index (χ2v) is 7.90. The summed E-state index contributed by atoms with van der Waals surface area (Å²) in [7, 11) is 0. The minimum absolute atomic E-state index is 0.145. The van der Waals surface area contributed by atoms with Crippen molar-refractivity contribution >= 4 is 40.8 Å². The van der Waals surface area contributed by atoms with Crippen LogP contribution in [0, 0.1) is 0 Å². The molecule has 0 amide bonds. The molecule has 3 aromatic rings. The van der Waals surface area contributed by atoms with Crippen molar-refractivity contribution in [1.82, 2.24) is 0 Å². The third-order valence-corrected chi connectivity index (χ3v) is 6.17. The van der Waals surface area contributed by atoms with Crippen molar-refractivity contribution in [1.29, 1.82) is 0 Å². The lowest BCUT2D eigenvalue weighted by molar-refractivity contribution is 0.0894. The third kappa shape index (κ3) is 3.64. The molecule has 1 aliphatic rings. The minimum atomic E-state index is -0.171. The maximum absolute atomic E-state index is 13.1. The molecule has 0 atom stereocenters. The van der Waals surface area contributed by atoms with Crippen LogP contribution in [0.3, 0.4) is 0 Å². The number of benzene rings is 3. The molecule has 1 aliphatic heterocycles. The number of hydrogen-bond donors (Lipinski definition) is 0. The van der Waals surface area contributed by atoms with E-state index in [1.54, 1.807) is 30.0 Å². The molecule has 3 aromatic carbocycles. The molecule has 1 heterocycles. The van der Waals surface area contributed by atoms with Crippen molar-refractivity contribution in [2.75, 3.05) is 11.4 Å². The van der Waals surface area contributed by atoms with Crippen LogP contribution in [0.4, 0.5) is 11.4 Å². The first-order valence-corrected chi connectivity index (χ1v) is 10.4. The first-order valence-electron chi connectivity index (χ1n) is 9.58. The fourth-order valence-corrected chi connectivity index (χ4v) is 4.72. The van der Waals surface area contributed by atoms with Crippen LogP contribution in [0.5, 0.6) is 0 Å². The zero-order valence-corrected chi connectivity index (χ0v) is 17.0. The summed E-state index contributed by atoms with van der Waals surface area (Å²) in [5.74, 6) is -0.326. The van der Waals surface area contributed by atoms with E-state index >= 15 is 0 Å². The van der Waals surface area contributed by atoms with Crippen molar-refractivity contribution in [2.24, 2.45) is 0 Å². The average molecular weight is 400 g/mol. The Kier molecular flexibility index (Phi) is 5.36. The average Bonchev–Trinajstić information content (AvgIpc) is 2.76. The number of hydrogen-bond acceptors (Lipinski definition) is 4. The summed E-state index contributed by atoms with van der Waals surface area (Å²) in [4.78, 5) is 30.2. The second-order valence-electron chi connectivity index (χ2n) is 6.82. The SMILES string of the molecule is C=Cc1ccc(C(=O)CC(=O)c2cccc3c2N(CC)c2ccccc2S3)cc1. The quantitative estimate of drug-likeness (QED) is 0.355. The first-order chi connectivity index (χ1) is 14.1. The zero-order chi connectivity index (χ0) is 20.4. The molecule has 0 bridgehead atoms. The van der Waals surface area contributed by atoms with Crippen molar-refractivity contribution in [3.05, 3.63) is 90.0 Å². The van der Waals surface area contributed by atoms with Gasteiger partial charge in [-0.15, -0.1) is 0 Å². The molecule has 0 aliphatic carbocycles. The first kappa shape index (κ1) is 19.2. The van der Waals surface area contributed by atoms with Gasteiger partial charge in [-0.3, -0.25) is 9.59 Å². The maximum atomic E-state index is 13.1. The van der Waals surface area contributed by atoms with Crippen LogP contribution in [0.15, 0.2) is 83.1 Å². The Balaban J connectivity index is 1.65. The van der Waals surface area contributed by atoms with Gasteiger partial charge in [0.05, 0.1) is 17.8 Å². The largest absolute Gasteiger partial charge is 0.339 e. The second kappa shape index (κ2) is 8.10. The van der Waals surface area contributed by atoms with E-state index in [1.807, 2.05) is 42.5 Å². The molecule has 144 valence electrons. The molecule has 4 heteroatoms. The molecule has 0 N–H and O–H groups in total. The van der Waals surface area contributed by atoms with Gasteiger partial charge in [0.15, 0.2) is 11.6 Å². The lowest BCUT2D eigenvalue weighted by Crippen LogP contribution is -2.23. The van der Waals surface area contributed by atoms with E-state index in [0.29, 0.717) is 11.1 Å². The molecule has 3 nitrogen and oxygen atoms in total. The zero-order valence-electron chi connectivity index (χ0n) is 16.2. The summed E-state index contributed by atoms with van der Waals surface area (Å²) >= 11 is 1.66. The van der Waals surface area contributed by atoms with Gasteiger partial charge >= 0.3 is 0 Å². The summed E-state index contributed by atoms with van der Waals surface area (Å²) in [5, 5.41) is 0. The van der Waals surface area contributed by atoms with Crippen LogP contribution in [-0.4, -0.2) is 18.1 Å². The third-order valence-electron chi connectivity index (χ3n) is 5.05. The van der Waals surface area contributed by atoms with Crippen molar-refractivity contribution in [2.45, 2.75) is 23.1 Å². The molecule has 0 saturated carbocycles. The van der Waals surface area contributed by atoms with Crippen LogP contribution in [0.2, 0.25) is 0 Å². The van der Waals surface area contributed by atoms with Crippen molar-refractivity contribution < 1.29 is 9.59 Å². The molecule has 0 spiro atoms. The number of rotatable bonds is 6. The van der Waals surface area contributed by atoms with E-state index in [9.17, 15) is 9.59 Å². The Morgan fingerprint density at radius 3 is 2.38 bits per heavy atom. The predicted octanol–water partition coefficient (Wildman–Crippen LogP) is 6.41. The van der Waals surface area contributed by atoms with Crippen LogP contribution in [0.25, 0.3) is 6.08 Å². The highest BCUT2D eigenvalue weighted by atomic mass is 32.2. The summed E-state index contributed by atoms with van der Waals surface area (Å²) in [6, 6.07) is 21.1. The molecule has 0 saturated heterocycles. The molecule has 29 heavy (non-hydrogen) atoms. The molecule has 0 fully saturated rings. The lowest BCUT2D eigenvalue weighted by Gasteiger charge is -2.33. The summed E-state index contributed by atoms with van der Waals surface area (Å²) in [6.07, 6.45) is 1.58. The van der Waals surface area contributed by atoms with Gasteiger partial charge in [-0.05, 0) is 36.8 Å². The van der Waals surface area contributed by atoms with Gasteiger partial charge in [-0.2, -0.15) is 0 Å². The lowest BCUT2D eigenvalue weighted by atomic mass is 9.98. The van der Waals surface area contributed by atoms with Gasteiger partial charge in [-0.1, -0.05) is 66.9 Å². The molecular formula is C25H21NO2S. The molecule has 4 rings (SSSR count). The van der Waals surface area contributed by atoms with E-state index < -0.39 is 0 Å². The maximum Gasteiger partial charge on any atom is 0.172 e. The number of fused-ring (bicyclic) bond motifs is 2. The highest BCUT2D eigenvalue weighted by molar-refractivity contribution is 7.99. The monoisotopic (exact) mass is 399 g/mol. The van der Waals surface area contributed by atoms with Crippen molar-refractivity contribution in [3.63, 3.8) is 0 Å². The van der Waals surface area contributed by atoms with E-state index in [-0.39, 0.29) is 18.0 Å². The van der Waals surface area contributed by atoms with Gasteiger partial charge < -0.3 is 4.90 Å². The number of carbonyl (C=O) groups excluding carboxylic acids is 2. The predicted molar refractivity (Wildman–Crippen MR) is 119 cm³/mol. The van der Waals surface area contributed by atoms with Crippen LogP contribution in [0.1, 0.15) is 39.6 Å². The van der Waals surface area contributed by atoms with Crippen LogP contribution in [-0.2, 0) is 0 Å². The Labute approximate surface area is 175 Å². The standard InChI is InChI=1S/C25H21NO2S/c1-3-17-12-14-18(15-13-17)21(27)16-22(28)19-8-7-11-24-25(19)26(4-2)20-9-5-6-10-23(20)29-24/h3,5-15H,1,4,16H2,2H3. The number of Topliss-reactive ketones (excluding diaryl/α,β-unsaturated/α-hetero) is 2. The van der Waals surface area contributed by atoms with E-state index in [1.165, 1.54) is 4.90 Å². The van der Waals surface area contributed by atoms with E-state index in [2.05, 4.69) is 30.5 Å². The van der Waals surface area contributed by atoms with E-state index in [4.69, 9.17) is 0 Å². The normalized spacial score (nSPS) is 12.1. The Morgan fingerprint density at radius 1 is 0.931 bits per heavy atom. The van der Waals surface area contributed by atoms with Gasteiger partial charge in [-0.25, -0.2) is 0 Å². The number of para-hydroxylation sites is 2. The molecule has 0 radical (unpaired) electrons. The number of carbonyl (C=O) groups is 2. The summed E-state index contributed by atoms with van der Waals surface area (Å²) < 4.78 is 0. The number of anilines is 2. The topological polar surface area (TPSA) is 37.4 Å². The smallest absolute Gasteiger partial charge is 0.172 e. The number of ketones is 2. The molecule has 0 aromatic heterocycles. The summed E-state index contributed by atoms with van der Waals surface area (Å²) in [6.45, 7) is 6.54. The highest BCUT2D eigenvalue weighted by Crippen LogP contribution is 2.49. The fourth-order valence-electron chi connectivity index (χ4n) is 3.59. The van der Waals surface area contributed by atoms with E-state index in [0.717, 1.165) is 28.4 Å². The Hall–Kier alpha value is -3.11. The number of nitrogens with zero attached hydrogens (tertiary/aromatic N) is 1. The highest BCUT2D eigenvalue weighted by Gasteiger charge is 2.27. The van der Waals surface area contributed by atoms with Crippen LogP contribution < -0.4 is 4.90 Å². The van der Waals surface area contributed by atoms with Crippen molar-refractivity contribution in [3.8, 4) is 0 Å². The Morgan fingerprint density at radius 2 is 1.66 bits per heavy atom. The summed E-state index contributed by atoms with van der Waals surface area (Å²) in [5.41, 5.74) is 4.08.